The van der Waals surface area contributed by atoms with Crippen molar-refractivity contribution in [3.05, 3.63) is 12.3 Å². The van der Waals surface area contributed by atoms with Gasteiger partial charge in [0.1, 0.15) is 5.82 Å². The average Bonchev–Trinajstić information content (AvgIpc) is 2.61. The summed E-state index contributed by atoms with van der Waals surface area (Å²) in [6.45, 7) is 5.49. The Balaban J connectivity index is 1.61. The fourth-order valence-electron chi connectivity index (χ4n) is 3.96. The maximum Gasteiger partial charge on any atom is 0.413 e. The molecule has 0 bridgehead atoms. The number of piperidine rings is 1. The number of hydrogen-bond donors (Lipinski definition) is 3. The van der Waals surface area contributed by atoms with Crippen molar-refractivity contribution in [1.82, 2.24) is 15.3 Å². The molecule has 2 amide bonds. The van der Waals surface area contributed by atoms with Crippen LogP contribution in [0.1, 0.15) is 46.5 Å². The first-order chi connectivity index (χ1) is 13.3. The highest BCUT2D eigenvalue weighted by Gasteiger charge is 2.41. The van der Waals surface area contributed by atoms with Gasteiger partial charge < -0.3 is 15.4 Å². The van der Waals surface area contributed by atoms with Gasteiger partial charge >= 0.3 is 6.09 Å². The summed E-state index contributed by atoms with van der Waals surface area (Å²) in [7, 11) is 0. The fourth-order valence-corrected chi connectivity index (χ4v) is 4.32. The summed E-state index contributed by atoms with van der Waals surface area (Å²) in [4.78, 5) is 32.8. The third-order valence-corrected chi connectivity index (χ3v) is 5.72. The maximum absolute atomic E-state index is 12.6. The van der Waals surface area contributed by atoms with E-state index in [-0.39, 0.29) is 35.4 Å². The lowest BCUT2D eigenvalue weighted by atomic mass is 9.74. The number of rotatable bonds is 5. The molecule has 1 saturated heterocycles. The number of anilines is 2. The molecule has 4 unspecified atom stereocenters. The van der Waals surface area contributed by atoms with Crippen molar-refractivity contribution in [3.8, 4) is 0 Å². The minimum absolute atomic E-state index is 0.0593. The van der Waals surface area contributed by atoms with E-state index in [2.05, 4.69) is 25.9 Å². The molecule has 1 aromatic rings. The number of amides is 2. The molecule has 154 valence electrons. The second-order valence-electron chi connectivity index (χ2n) is 7.91. The Morgan fingerprint density at radius 1 is 1.32 bits per heavy atom. The van der Waals surface area contributed by atoms with Gasteiger partial charge in [-0.3, -0.25) is 10.1 Å². The zero-order chi connectivity index (χ0) is 20.3. The third kappa shape index (κ3) is 5.25. The van der Waals surface area contributed by atoms with Crippen molar-refractivity contribution in [3.63, 3.8) is 0 Å². The lowest BCUT2D eigenvalue weighted by molar-refractivity contribution is -0.130. The molecule has 3 N–H and O–H groups in total. The molecule has 1 aliphatic heterocycles. The largest absolute Gasteiger partial charge is 0.447 e. The molecular formula is C19H28ClN5O3. The number of carbonyl (C=O) groups excluding carboxylic acids is 2. The number of ether oxygens (including phenoxy) is 1. The second-order valence-corrected chi connectivity index (χ2v) is 8.52. The Labute approximate surface area is 170 Å². The summed E-state index contributed by atoms with van der Waals surface area (Å²) in [6.07, 6.45) is 4.38. The molecule has 5 atom stereocenters. The molecule has 2 fully saturated rings. The third-order valence-electron chi connectivity index (χ3n) is 5.33. The summed E-state index contributed by atoms with van der Waals surface area (Å²) < 4.78 is 5.05. The van der Waals surface area contributed by atoms with Crippen LogP contribution in [0.3, 0.4) is 0 Å². The van der Waals surface area contributed by atoms with Crippen LogP contribution in [0.15, 0.2) is 12.3 Å². The molecule has 1 aromatic heterocycles. The van der Waals surface area contributed by atoms with Gasteiger partial charge in [0, 0.05) is 23.7 Å². The van der Waals surface area contributed by atoms with Crippen LogP contribution < -0.4 is 16.0 Å². The van der Waals surface area contributed by atoms with E-state index in [1.54, 1.807) is 26.1 Å². The van der Waals surface area contributed by atoms with Gasteiger partial charge in [0.2, 0.25) is 11.9 Å². The van der Waals surface area contributed by atoms with E-state index >= 15 is 0 Å². The number of halogens is 1. The topological polar surface area (TPSA) is 105 Å². The molecule has 3 rings (SSSR count). The molecule has 0 aromatic carbocycles. The highest BCUT2D eigenvalue weighted by molar-refractivity contribution is 6.20. The van der Waals surface area contributed by atoms with E-state index in [4.69, 9.17) is 16.3 Å². The summed E-state index contributed by atoms with van der Waals surface area (Å²) in [5.74, 6) is 0.964. The van der Waals surface area contributed by atoms with Crippen LogP contribution in [-0.4, -0.2) is 45.5 Å². The van der Waals surface area contributed by atoms with E-state index in [0.29, 0.717) is 17.7 Å². The predicted molar refractivity (Wildman–Crippen MR) is 107 cm³/mol. The first-order valence-corrected chi connectivity index (χ1v) is 10.3. The smallest absolute Gasteiger partial charge is 0.413 e. The first kappa shape index (κ1) is 20.6. The molecule has 2 heterocycles. The van der Waals surface area contributed by atoms with Gasteiger partial charge in [0.05, 0.1) is 12.0 Å². The van der Waals surface area contributed by atoms with Crippen LogP contribution in [0.2, 0.25) is 0 Å². The van der Waals surface area contributed by atoms with Crippen molar-refractivity contribution < 1.29 is 14.3 Å². The summed E-state index contributed by atoms with van der Waals surface area (Å²) in [5, 5.41) is 9.12. The average molecular weight is 410 g/mol. The van der Waals surface area contributed by atoms with Gasteiger partial charge in [-0.2, -0.15) is 4.98 Å². The lowest BCUT2D eigenvalue weighted by Crippen LogP contribution is -2.55. The van der Waals surface area contributed by atoms with Crippen molar-refractivity contribution in [2.45, 2.75) is 70.0 Å². The predicted octanol–water partition coefficient (Wildman–Crippen LogP) is 3.15. The highest BCUT2D eigenvalue weighted by Crippen LogP contribution is 2.36. The number of alkyl halides is 1. The molecule has 0 spiro atoms. The standard InChI is InChI=1S/C19H28ClN5O3/c1-10(2)28-19(27)25-16-6-7-21-18(24-16)22-11(3)14-9-12-8-13(20)4-5-15(12)23-17(14)26/h6-7,10-15H,4-5,8-9H2,1-3H3,(H,23,26)(H2,21,22,24,25,27)/t11-,12?,13?,14?,15?/m0/s1. The van der Waals surface area contributed by atoms with Gasteiger partial charge in [-0.25, -0.2) is 9.78 Å². The minimum Gasteiger partial charge on any atom is -0.447 e. The quantitative estimate of drug-likeness (QED) is 0.645. The van der Waals surface area contributed by atoms with Crippen molar-refractivity contribution >= 4 is 35.4 Å². The Hall–Kier alpha value is -2.09. The number of fused-ring (bicyclic) bond motifs is 1. The Morgan fingerprint density at radius 3 is 2.86 bits per heavy atom. The lowest BCUT2D eigenvalue weighted by Gasteiger charge is -2.42. The second kappa shape index (κ2) is 8.94. The highest BCUT2D eigenvalue weighted by atomic mass is 35.5. The van der Waals surface area contributed by atoms with Gasteiger partial charge in [0.25, 0.3) is 0 Å². The number of nitrogens with one attached hydrogen (secondary N) is 3. The number of aromatic nitrogens is 2. The Kier molecular flexibility index (Phi) is 6.59. The van der Waals surface area contributed by atoms with E-state index in [0.717, 1.165) is 25.7 Å². The van der Waals surface area contributed by atoms with Gasteiger partial charge in [0.15, 0.2) is 0 Å². The molecular weight excluding hydrogens is 382 g/mol. The van der Waals surface area contributed by atoms with Crippen LogP contribution in [0.4, 0.5) is 16.6 Å². The van der Waals surface area contributed by atoms with Gasteiger partial charge in [-0.05, 0) is 58.4 Å². The Morgan fingerprint density at radius 2 is 2.11 bits per heavy atom. The minimum atomic E-state index is -0.571. The van der Waals surface area contributed by atoms with Crippen LogP contribution in [0.5, 0.6) is 0 Å². The summed E-state index contributed by atoms with van der Waals surface area (Å²) in [6, 6.07) is 1.66. The first-order valence-electron chi connectivity index (χ1n) is 9.83. The SMILES string of the molecule is CC(C)OC(=O)Nc1ccnc(N[C@@H](C)C2CC3CC(Cl)CCC3NC2=O)n1. The molecule has 1 aliphatic carbocycles. The van der Waals surface area contributed by atoms with E-state index in [9.17, 15) is 9.59 Å². The zero-order valence-electron chi connectivity index (χ0n) is 16.4. The van der Waals surface area contributed by atoms with E-state index in [1.165, 1.54) is 0 Å². The van der Waals surface area contributed by atoms with Gasteiger partial charge in [-0.1, -0.05) is 0 Å². The molecule has 1 saturated carbocycles. The van der Waals surface area contributed by atoms with Crippen LogP contribution in [0, 0.1) is 11.8 Å². The number of carbonyl (C=O) groups is 2. The zero-order valence-corrected chi connectivity index (χ0v) is 17.2. The summed E-state index contributed by atoms with van der Waals surface area (Å²) in [5.41, 5.74) is 0. The molecule has 2 aliphatic rings. The molecule has 9 heteroatoms. The van der Waals surface area contributed by atoms with Gasteiger partial charge in [-0.15, -0.1) is 11.6 Å². The fraction of sp³-hybridized carbons (Fsp3) is 0.684. The monoisotopic (exact) mass is 409 g/mol. The normalized spacial score (nSPS) is 28.1. The van der Waals surface area contributed by atoms with Crippen molar-refractivity contribution in [2.24, 2.45) is 11.8 Å². The van der Waals surface area contributed by atoms with Crippen LogP contribution >= 0.6 is 11.6 Å². The number of nitrogens with zero attached hydrogens (tertiary/aromatic N) is 2. The van der Waals surface area contributed by atoms with E-state index in [1.807, 2.05) is 6.92 Å². The van der Waals surface area contributed by atoms with Crippen molar-refractivity contribution in [1.29, 1.82) is 0 Å². The molecule has 8 nitrogen and oxygen atoms in total. The van der Waals surface area contributed by atoms with E-state index < -0.39 is 6.09 Å². The van der Waals surface area contributed by atoms with Crippen LogP contribution in [-0.2, 0) is 9.53 Å². The van der Waals surface area contributed by atoms with Crippen molar-refractivity contribution in [2.75, 3.05) is 10.6 Å². The maximum atomic E-state index is 12.6. The summed E-state index contributed by atoms with van der Waals surface area (Å²) >= 11 is 6.33. The molecule has 28 heavy (non-hydrogen) atoms. The molecule has 0 radical (unpaired) electrons. The van der Waals surface area contributed by atoms with Crippen LogP contribution in [0.25, 0.3) is 0 Å². The Bertz CT molecular complexity index is 717. The number of hydrogen-bond acceptors (Lipinski definition) is 6.